The minimum Gasteiger partial charge on any atom is -0.507 e. The Morgan fingerprint density at radius 3 is 1.58 bits per heavy atom. The number of hydrogen-bond donors (Lipinski definition) is 6. The summed E-state index contributed by atoms with van der Waals surface area (Å²) in [6.07, 6.45) is 15.7. The monoisotopic (exact) mass is 666 g/mol. The molecule has 0 spiro atoms. The van der Waals surface area contributed by atoms with Gasteiger partial charge in [0.1, 0.15) is 11.5 Å². The molecule has 0 aromatic heterocycles. The Morgan fingerprint density at radius 1 is 0.583 bits per heavy atom. The third kappa shape index (κ3) is 14.4. The van der Waals surface area contributed by atoms with E-state index in [9.17, 15) is 29.4 Å². The first-order valence-electron chi connectivity index (χ1n) is 18.0. The molecule has 0 aliphatic heterocycles. The van der Waals surface area contributed by atoms with Crippen LogP contribution in [0.2, 0.25) is 0 Å². The van der Waals surface area contributed by atoms with E-state index in [4.69, 9.17) is 0 Å². The van der Waals surface area contributed by atoms with Crippen LogP contribution < -0.4 is 21.7 Å². The summed E-state index contributed by atoms with van der Waals surface area (Å²) in [5.74, 6) is -1.98. The number of carbonyl (C=O) groups excluding carboxylic acids is 4. The van der Waals surface area contributed by atoms with Gasteiger partial charge in [0.05, 0.1) is 11.1 Å². The van der Waals surface area contributed by atoms with Gasteiger partial charge >= 0.3 is 0 Å². The number of aryl methyl sites for hydroxylation is 2. The first-order chi connectivity index (χ1) is 23.2. The second-order valence-electron chi connectivity index (χ2n) is 12.6. The second kappa shape index (κ2) is 23.3. The number of nitrogens with one attached hydrogen (secondary N) is 4. The molecule has 0 saturated carbocycles. The topological polar surface area (TPSA) is 157 Å². The molecular formula is C38H58N4O6. The number of amides is 4. The van der Waals surface area contributed by atoms with Crippen molar-refractivity contribution in [2.24, 2.45) is 5.92 Å². The third-order valence-corrected chi connectivity index (χ3v) is 8.76. The summed E-state index contributed by atoms with van der Waals surface area (Å²) in [7, 11) is 0. The van der Waals surface area contributed by atoms with Gasteiger partial charge in [0.25, 0.3) is 11.8 Å². The first-order valence-corrected chi connectivity index (χ1v) is 18.0. The molecule has 2 rings (SSSR count). The van der Waals surface area contributed by atoms with E-state index >= 15 is 0 Å². The Bertz CT molecular complexity index is 1300. The highest BCUT2D eigenvalue weighted by Crippen LogP contribution is 2.25. The number of para-hydroxylation sites is 2. The Hall–Kier alpha value is -4.08. The fourth-order valence-electron chi connectivity index (χ4n) is 5.71. The van der Waals surface area contributed by atoms with Crippen molar-refractivity contribution in [3.8, 4) is 11.5 Å². The maximum Gasteiger partial charge on any atom is 0.273 e. The smallest absolute Gasteiger partial charge is 0.273 e. The predicted molar refractivity (Wildman–Crippen MR) is 189 cm³/mol. The molecule has 48 heavy (non-hydrogen) atoms. The second-order valence-corrected chi connectivity index (χ2v) is 12.6. The summed E-state index contributed by atoms with van der Waals surface area (Å²) < 4.78 is 0. The van der Waals surface area contributed by atoms with Crippen LogP contribution in [0.5, 0.6) is 11.5 Å². The van der Waals surface area contributed by atoms with Crippen LogP contribution in [0, 0.1) is 5.92 Å². The Labute approximate surface area is 286 Å². The van der Waals surface area contributed by atoms with E-state index in [2.05, 4.69) is 35.6 Å². The molecule has 10 heteroatoms. The van der Waals surface area contributed by atoms with Crippen LogP contribution in [0.25, 0.3) is 0 Å². The van der Waals surface area contributed by atoms with Crippen molar-refractivity contribution < 1.29 is 29.4 Å². The Morgan fingerprint density at radius 2 is 1.06 bits per heavy atom. The number of unbranched alkanes of at least 4 members (excludes halogenated alkanes) is 10. The molecule has 0 heterocycles. The summed E-state index contributed by atoms with van der Waals surface area (Å²) in [6.45, 7) is 6.22. The van der Waals surface area contributed by atoms with Crippen LogP contribution in [-0.4, -0.2) is 33.8 Å². The zero-order chi connectivity index (χ0) is 35.1. The normalized spacial score (nSPS) is 11.5. The highest BCUT2D eigenvalue weighted by molar-refractivity contribution is 5.98. The van der Waals surface area contributed by atoms with Crippen molar-refractivity contribution in [3.05, 3.63) is 58.7 Å². The highest BCUT2D eigenvalue weighted by Gasteiger charge is 2.19. The molecule has 0 fully saturated rings. The molecular weight excluding hydrogens is 608 g/mol. The van der Waals surface area contributed by atoms with E-state index in [0.29, 0.717) is 32.1 Å². The zero-order valence-electron chi connectivity index (χ0n) is 29.3. The van der Waals surface area contributed by atoms with Crippen molar-refractivity contribution >= 4 is 23.6 Å². The van der Waals surface area contributed by atoms with Gasteiger partial charge in [-0.05, 0) is 68.2 Å². The number of phenols is 2. The van der Waals surface area contributed by atoms with E-state index in [-0.39, 0.29) is 46.8 Å². The molecule has 1 unspecified atom stereocenters. The van der Waals surface area contributed by atoms with E-state index in [1.165, 1.54) is 6.07 Å². The first kappa shape index (κ1) is 40.1. The largest absolute Gasteiger partial charge is 0.507 e. The summed E-state index contributed by atoms with van der Waals surface area (Å²) in [6, 6.07) is 10.2. The van der Waals surface area contributed by atoms with E-state index < -0.39 is 11.8 Å². The molecule has 0 bridgehead atoms. The minimum atomic E-state index is -0.550. The van der Waals surface area contributed by atoms with Gasteiger partial charge in [-0.1, -0.05) is 109 Å². The molecule has 10 nitrogen and oxygen atoms in total. The number of carbonyl (C=O) groups is 4. The van der Waals surface area contributed by atoms with E-state index in [1.54, 1.807) is 18.2 Å². The highest BCUT2D eigenvalue weighted by atomic mass is 16.3. The van der Waals surface area contributed by atoms with Crippen LogP contribution in [0.15, 0.2) is 36.4 Å². The molecule has 1 atom stereocenters. The molecule has 2 aromatic rings. The molecule has 0 radical (unpaired) electrons. The quantitative estimate of drug-likeness (QED) is 0.0571. The number of rotatable bonds is 22. The average Bonchev–Trinajstić information content (AvgIpc) is 3.08. The van der Waals surface area contributed by atoms with Crippen molar-refractivity contribution in [2.75, 3.05) is 0 Å². The lowest BCUT2D eigenvalue weighted by atomic mass is 9.97. The van der Waals surface area contributed by atoms with Gasteiger partial charge in [-0.25, -0.2) is 0 Å². The lowest BCUT2D eigenvalue weighted by Gasteiger charge is -2.16. The van der Waals surface area contributed by atoms with Crippen molar-refractivity contribution in [1.29, 1.82) is 0 Å². The van der Waals surface area contributed by atoms with Crippen molar-refractivity contribution in [2.45, 2.75) is 136 Å². The average molecular weight is 667 g/mol. The van der Waals surface area contributed by atoms with E-state index in [0.717, 1.165) is 88.2 Å². The lowest BCUT2D eigenvalue weighted by molar-refractivity contribution is -0.126. The Kier molecular flexibility index (Phi) is 19.4. The summed E-state index contributed by atoms with van der Waals surface area (Å²) in [5.41, 5.74) is 11.6. The summed E-state index contributed by atoms with van der Waals surface area (Å²) in [5, 5.41) is 21.1. The van der Waals surface area contributed by atoms with Gasteiger partial charge in [0.2, 0.25) is 11.8 Å². The maximum absolute atomic E-state index is 12.7. The van der Waals surface area contributed by atoms with Gasteiger partial charge in [-0.15, -0.1) is 0 Å². The fraction of sp³-hybridized carbons (Fsp3) is 0.579. The molecule has 6 N–H and O–H groups in total. The molecule has 0 aliphatic carbocycles. The predicted octanol–water partition coefficient (Wildman–Crippen LogP) is 7.32. The molecule has 266 valence electrons. The maximum atomic E-state index is 12.7. The van der Waals surface area contributed by atoms with Gasteiger partial charge in [0, 0.05) is 12.3 Å². The summed E-state index contributed by atoms with van der Waals surface area (Å²) >= 11 is 0. The molecule has 0 aliphatic rings. The van der Waals surface area contributed by atoms with E-state index in [1.807, 2.05) is 19.1 Å². The fourth-order valence-corrected chi connectivity index (χ4v) is 5.71. The number of hydrazine groups is 2. The lowest BCUT2D eigenvalue weighted by Crippen LogP contribution is -2.44. The van der Waals surface area contributed by atoms with Crippen molar-refractivity contribution in [1.82, 2.24) is 21.7 Å². The van der Waals surface area contributed by atoms with Gasteiger partial charge in [-0.2, -0.15) is 0 Å². The Balaban J connectivity index is 1.63. The number of benzene rings is 2. The standard InChI is InChI=1S/C38H58N4O6/c1-4-7-9-14-21-29-23-18-25-31(34(29)44)37(47)41-39-33(43)27-17-13-11-12-16-20-28(6-3)36(46)40-42-38(48)32-26-19-24-30(35(32)45)22-15-10-8-5-2/h18-19,23-26,28,44-45H,4-17,20-22,27H2,1-3H3,(H,39,43)(H,40,46)(H,41,47)(H,42,48). The zero-order valence-corrected chi connectivity index (χ0v) is 29.3. The van der Waals surface area contributed by atoms with Crippen molar-refractivity contribution in [3.63, 3.8) is 0 Å². The molecule has 0 saturated heterocycles. The van der Waals surface area contributed by atoms with Crippen LogP contribution >= 0.6 is 0 Å². The number of phenolic OH excluding ortho intramolecular Hbond substituents is 2. The van der Waals surface area contributed by atoms with Crippen LogP contribution in [0.1, 0.15) is 155 Å². The van der Waals surface area contributed by atoms with Crippen LogP contribution in [0.3, 0.4) is 0 Å². The number of hydrogen-bond acceptors (Lipinski definition) is 6. The molecule has 2 aromatic carbocycles. The van der Waals surface area contributed by atoms with Gasteiger partial charge in [0.15, 0.2) is 0 Å². The SMILES string of the molecule is CCCCCCc1cccc(C(=O)NNC(=O)CCCCCCCC(CC)C(=O)NNC(=O)c2cccc(CCCCCC)c2O)c1O. The number of aromatic hydroxyl groups is 2. The van der Waals surface area contributed by atoms with Gasteiger partial charge in [-0.3, -0.25) is 40.9 Å². The minimum absolute atomic E-state index is 0.0376. The third-order valence-electron chi connectivity index (χ3n) is 8.76. The van der Waals surface area contributed by atoms with Crippen LogP contribution in [0.4, 0.5) is 0 Å². The summed E-state index contributed by atoms with van der Waals surface area (Å²) in [4.78, 5) is 50.2. The van der Waals surface area contributed by atoms with Crippen LogP contribution in [-0.2, 0) is 22.4 Å². The molecule has 4 amide bonds. The van der Waals surface area contributed by atoms with Gasteiger partial charge < -0.3 is 10.2 Å².